The second-order valence-corrected chi connectivity index (χ2v) is 8.92. The van der Waals surface area contributed by atoms with E-state index in [2.05, 4.69) is 21.3 Å². The number of rotatable bonds is 6. The van der Waals surface area contributed by atoms with Crippen LogP contribution in [0.2, 0.25) is 0 Å². The van der Waals surface area contributed by atoms with Gasteiger partial charge in [0.05, 0.1) is 23.0 Å². The minimum atomic E-state index is -3.78. The van der Waals surface area contributed by atoms with E-state index >= 15 is 0 Å². The van der Waals surface area contributed by atoms with E-state index in [9.17, 15) is 18.0 Å². The van der Waals surface area contributed by atoms with Crippen LogP contribution in [0, 0.1) is 0 Å². The Balaban J connectivity index is 2.03. The summed E-state index contributed by atoms with van der Waals surface area (Å²) in [5, 5.41) is 10.2. The van der Waals surface area contributed by atoms with Crippen molar-refractivity contribution in [1.29, 1.82) is 0 Å². The normalized spacial score (nSPS) is 10.5. The summed E-state index contributed by atoms with van der Waals surface area (Å²) in [6.07, 6.45) is -1.38. The zero-order chi connectivity index (χ0) is 24.4. The Hall–Kier alpha value is -3.29. The predicted molar refractivity (Wildman–Crippen MR) is 131 cm³/mol. The van der Waals surface area contributed by atoms with Crippen LogP contribution >= 0.6 is 24.4 Å². The number of carbonyl (C=O) groups is 2. The molecule has 0 aromatic heterocycles. The van der Waals surface area contributed by atoms with Crippen molar-refractivity contribution in [3.8, 4) is 0 Å². The van der Waals surface area contributed by atoms with E-state index in [0.717, 1.165) is 0 Å². The van der Waals surface area contributed by atoms with Gasteiger partial charge in [-0.1, -0.05) is 0 Å². The Morgan fingerprint density at radius 1 is 0.727 bits per heavy atom. The van der Waals surface area contributed by atoms with Crippen molar-refractivity contribution in [3.63, 3.8) is 0 Å². The lowest BCUT2D eigenvalue weighted by Gasteiger charge is -2.11. The number of anilines is 2. The minimum absolute atomic E-state index is 0.0162. The molecule has 13 heteroatoms. The van der Waals surface area contributed by atoms with Crippen LogP contribution in [0.1, 0.15) is 13.8 Å². The molecule has 2 aromatic carbocycles. The number of alkyl carbamates (subject to hydrolysis) is 2. The Morgan fingerprint density at radius 3 is 1.36 bits per heavy atom. The van der Waals surface area contributed by atoms with Crippen molar-refractivity contribution in [3.05, 3.63) is 48.5 Å². The molecule has 33 heavy (non-hydrogen) atoms. The predicted octanol–water partition coefficient (Wildman–Crippen LogP) is 3.41. The van der Waals surface area contributed by atoms with E-state index in [1.165, 1.54) is 48.5 Å². The molecule has 0 heterocycles. The van der Waals surface area contributed by atoms with Gasteiger partial charge in [0.25, 0.3) is 0 Å². The number of carbonyl (C=O) groups excluding carboxylic acids is 2. The number of hydrogen-bond acceptors (Lipinski definition) is 8. The number of thiocarbonyl (C=S) groups is 2. The topological polar surface area (TPSA) is 135 Å². The summed E-state index contributed by atoms with van der Waals surface area (Å²) >= 11 is 10.0. The molecule has 0 aliphatic carbocycles. The maximum absolute atomic E-state index is 12.9. The number of ether oxygens (including phenoxy) is 2. The highest BCUT2D eigenvalue weighted by atomic mass is 32.2. The third kappa shape index (κ3) is 7.97. The lowest BCUT2D eigenvalue weighted by atomic mass is 10.3. The maximum atomic E-state index is 12.9. The summed E-state index contributed by atoms with van der Waals surface area (Å²) in [5.41, 5.74) is 0.968. The molecule has 0 saturated heterocycles. The number of hydrogen-bond donors (Lipinski definition) is 4. The van der Waals surface area contributed by atoms with Crippen molar-refractivity contribution in [2.75, 3.05) is 23.8 Å². The molecule has 10 nitrogen and oxygen atoms in total. The average Bonchev–Trinajstić information content (AvgIpc) is 2.74. The Bertz CT molecular complexity index is 1040. The summed E-state index contributed by atoms with van der Waals surface area (Å²) in [6, 6.07) is 11.7. The summed E-state index contributed by atoms with van der Waals surface area (Å²) in [7, 11) is -3.78. The second kappa shape index (κ2) is 12.1. The molecule has 2 amide bonds. The van der Waals surface area contributed by atoms with Crippen LogP contribution in [0.25, 0.3) is 0 Å². The number of sulfone groups is 1. The zero-order valence-electron chi connectivity index (χ0n) is 17.7. The van der Waals surface area contributed by atoms with E-state index in [4.69, 9.17) is 33.9 Å². The van der Waals surface area contributed by atoms with Gasteiger partial charge in [0.2, 0.25) is 9.84 Å². The van der Waals surface area contributed by atoms with Gasteiger partial charge in [-0.05, 0) is 86.8 Å². The minimum Gasteiger partial charge on any atom is -0.450 e. The molecule has 2 aromatic rings. The summed E-state index contributed by atoms with van der Waals surface area (Å²) in [4.78, 5) is 22.9. The van der Waals surface area contributed by atoms with Crippen LogP contribution < -0.4 is 21.3 Å². The van der Waals surface area contributed by atoms with Crippen molar-refractivity contribution >= 4 is 68.1 Å². The van der Waals surface area contributed by atoms with Gasteiger partial charge in [0.15, 0.2) is 10.2 Å². The SMILES string of the molecule is CCOC(=O)NC(=S)Nc1ccc(S(=O)(=O)c2ccc(NC(=S)NC(=O)OCC)cc2)cc1. The number of amides is 2. The molecule has 0 aliphatic rings. The van der Waals surface area contributed by atoms with E-state index < -0.39 is 22.0 Å². The third-order valence-corrected chi connectivity index (χ3v) is 6.02. The van der Waals surface area contributed by atoms with Crippen molar-refractivity contribution in [2.45, 2.75) is 23.6 Å². The lowest BCUT2D eigenvalue weighted by Crippen LogP contribution is -2.34. The largest absolute Gasteiger partial charge is 0.450 e. The Morgan fingerprint density at radius 2 is 1.06 bits per heavy atom. The van der Waals surface area contributed by atoms with Gasteiger partial charge < -0.3 is 20.1 Å². The smallest absolute Gasteiger partial charge is 0.413 e. The average molecular weight is 511 g/mol. The molecular weight excluding hydrogens is 488 g/mol. The first-order valence-corrected chi connectivity index (χ1v) is 11.9. The molecule has 0 aliphatic heterocycles. The first-order valence-electron chi connectivity index (χ1n) is 9.60. The molecule has 0 bridgehead atoms. The molecular formula is C20H22N4O6S3. The van der Waals surface area contributed by atoms with E-state index in [0.29, 0.717) is 11.4 Å². The molecule has 4 N–H and O–H groups in total. The highest BCUT2D eigenvalue weighted by Crippen LogP contribution is 2.23. The molecule has 0 radical (unpaired) electrons. The fraction of sp³-hybridized carbons (Fsp3) is 0.200. The van der Waals surface area contributed by atoms with Crippen LogP contribution in [0.5, 0.6) is 0 Å². The van der Waals surface area contributed by atoms with Crippen LogP contribution in [-0.4, -0.2) is 44.0 Å². The molecule has 2 rings (SSSR count). The third-order valence-electron chi connectivity index (χ3n) is 3.83. The van der Waals surface area contributed by atoms with Crippen molar-refractivity contribution in [1.82, 2.24) is 10.6 Å². The first-order chi connectivity index (χ1) is 15.6. The van der Waals surface area contributed by atoms with Crippen LogP contribution in [0.15, 0.2) is 58.3 Å². The quantitative estimate of drug-likeness (QED) is 0.428. The zero-order valence-corrected chi connectivity index (χ0v) is 20.2. The van der Waals surface area contributed by atoms with Gasteiger partial charge in [0, 0.05) is 11.4 Å². The molecule has 176 valence electrons. The van der Waals surface area contributed by atoms with Gasteiger partial charge in [-0.25, -0.2) is 18.0 Å². The summed E-state index contributed by atoms with van der Waals surface area (Å²) in [6.45, 7) is 3.74. The van der Waals surface area contributed by atoms with Crippen LogP contribution in [0.3, 0.4) is 0 Å². The Kier molecular flexibility index (Phi) is 9.51. The van der Waals surface area contributed by atoms with Crippen molar-refractivity contribution in [2.24, 2.45) is 0 Å². The molecule has 0 saturated carbocycles. The Labute approximate surface area is 202 Å². The van der Waals surface area contributed by atoms with Gasteiger partial charge in [-0.3, -0.25) is 10.6 Å². The summed E-state index contributed by atoms with van der Waals surface area (Å²) < 4.78 is 35.2. The van der Waals surface area contributed by atoms with Crippen LogP contribution in [-0.2, 0) is 19.3 Å². The van der Waals surface area contributed by atoms with Gasteiger partial charge in [-0.15, -0.1) is 0 Å². The highest BCUT2D eigenvalue weighted by molar-refractivity contribution is 7.91. The van der Waals surface area contributed by atoms with Gasteiger partial charge in [-0.2, -0.15) is 0 Å². The number of benzene rings is 2. The monoisotopic (exact) mass is 510 g/mol. The molecule has 0 spiro atoms. The van der Waals surface area contributed by atoms with E-state index in [1.54, 1.807) is 13.8 Å². The highest BCUT2D eigenvalue weighted by Gasteiger charge is 2.18. The molecule has 0 atom stereocenters. The molecule has 0 fully saturated rings. The van der Waals surface area contributed by atoms with Gasteiger partial charge >= 0.3 is 12.2 Å². The first kappa shape index (κ1) is 26.0. The second-order valence-electron chi connectivity index (χ2n) is 6.15. The molecule has 0 unspecified atom stereocenters. The van der Waals surface area contributed by atoms with E-state index in [-0.39, 0.29) is 33.2 Å². The van der Waals surface area contributed by atoms with Crippen molar-refractivity contribution < 1.29 is 27.5 Å². The van der Waals surface area contributed by atoms with Gasteiger partial charge in [0.1, 0.15) is 0 Å². The van der Waals surface area contributed by atoms with Crippen LogP contribution in [0.4, 0.5) is 21.0 Å². The number of nitrogens with one attached hydrogen (secondary N) is 4. The summed E-state index contributed by atoms with van der Waals surface area (Å²) in [5.74, 6) is 0. The van der Waals surface area contributed by atoms with E-state index in [1.807, 2.05) is 0 Å². The lowest BCUT2D eigenvalue weighted by molar-refractivity contribution is 0.157. The maximum Gasteiger partial charge on any atom is 0.413 e. The standard InChI is InChI=1S/C20H22N4O6S3/c1-3-29-19(25)23-17(31)21-13-5-9-15(10-6-13)33(27,28)16-11-7-14(8-12-16)22-18(32)24-20(26)30-4-2/h5-12H,3-4H2,1-2H3,(H2,21,23,25,31)(H2,22,24,26,32). The fourth-order valence-electron chi connectivity index (χ4n) is 2.42. The fourth-order valence-corrected chi connectivity index (χ4v) is 4.08.